The maximum Gasteiger partial charge on any atom is 0.398 e. The van der Waals surface area contributed by atoms with E-state index in [4.69, 9.17) is 0 Å². The van der Waals surface area contributed by atoms with Crippen LogP contribution in [0.25, 0.3) is 0 Å². The van der Waals surface area contributed by atoms with E-state index in [0.29, 0.717) is 38.5 Å². The Kier molecular flexibility index (Phi) is 6.60. The molecule has 0 aliphatic heterocycles. The molecule has 0 aliphatic carbocycles. The predicted octanol–water partition coefficient (Wildman–Crippen LogP) is 5.91. The van der Waals surface area contributed by atoms with Crippen molar-refractivity contribution in [3.8, 4) is 0 Å². The molecule has 0 bridgehead atoms. The first kappa shape index (κ1) is 20.9. The molecule has 0 spiro atoms. The summed E-state index contributed by atoms with van der Waals surface area (Å²) in [6.45, 7) is 0. The maximum absolute atomic E-state index is 12.5. The quantitative estimate of drug-likeness (QED) is 0.473. The molecule has 29 heavy (non-hydrogen) atoms. The predicted molar refractivity (Wildman–Crippen MR) is 110 cm³/mol. The van der Waals surface area contributed by atoms with Crippen molar-refractivity contribution >= 4 is 46.3 Å². The van der Waals surface area contributed by atoms with Crippen LogP contribution in [0.1, 0.15) is 20.0 Å². The second-order valence-electron chi connectivity index (χ2n) is 5.86. The molecule has 1 heterocycles. The molecule has 0 radical (unpaired) electrons. The molecule has 2 aromatic carbocycles. The fourth-order valence-electron chi connectivity index (χ4n) is 2.36. The monoisotopic (exact) mass is 436 g/mol. The number of benzene rings is 2. The van der Waals surface area contributed by atoms with Crippen molar-refractivity contribution in [2.75, 3.05) is 16.4 Å². The Balaban J connectivity index is 1.65. The van der Waals surface area contributed by atoms with E-state index in [1.54, 1.807) is 47.8 Å². The number of rotatable bonds is 6. The van der Waals surface area contributed by atoms with Crippen molar-refractivity contribution in [1.29, 1.82) is 0 Å². The molecule has 2 N–H and O–H groups in total. The largest absolute Gasteiger partial charge is 0.398 e. The molecule has 0 unspecified atom stereocenters. The van der Waals surface area contributed by atoms with Crippen molar-refractivity contribution in [2.45, 2.75) is 11.1 Å². The second kappa shape index (κ2) is 9.15. The number of hydrogen-bond acceptors (Lipinski definition) is 4. The van der Waals surface area contributed by atoms with Gasteiger partial charge in [-0.2, -0.15) is 13.2 Å². The number of carbonyl (C=O) groups excluding carboxylic acids is 2. The van der Waals surface area contributed by atoms with Crippen LogP contribution in [0.3, 0.4) is 0 Å². The van der Waals surface area contributed by atoms with E-state index in [1.165, 1.54) is 29.5 Å². The number of hydrogen-bond donors (Lipinski definition) is 2. The molecule has 0 saturated carbocycles. The lowest BCUT2D eigenvalue weighted by molar-refractivity contribution is -0.105. The number of halogens is 3. The van der Waals surface area contributed by atoms with Gasteiger partial charge in [0, 0.05) is 16.1 Å². The van der Waals surface area contributed by atoms with Crippen LogP contribution in [-0.4, -0.2) is 23.7 Å². The standard InChI is InChI=1S/C20H15F3N2O2S2/c21-20(22,23)12-29-16-5-2-1-4-15(16)25-18(26)13-7-9-14(10-8-13)24-19(27)17-6-3-11-28-17/h1-11H,12H2,(H,24,27)(H,25,26). The first-order valence-electron chi connectivity index (χ1n) is 8.37. The van der Waals surface area contributed by atoms with Gasteiger partial charge >= 0.3 is 6.18 Å². The first-order valence-corrected chi connectivity index (χ1v) is 10.2. The SMILES string of the molecule is O=C(Nc1ccccc1SCC(F)(F)F)c1ccc(NC(=O)c2cccs2)cc1. The molecule has 3 aromatic rings. The highest BCUT2D eigenvalue weighted by atomic mass is 32.2. The molecule has 3 rings (SSSR count). The molecule has 2 amide bonds. The van der Waals surface area contributed by atoms with E-state index in [0.717, 1.165) is 0 Å². The van der Waals surface area contributed by atoms with Crippen molar-refractivity contribution in [3.05, 3.63) is 76.5 Å². The third kappa shape index (κ3) is 6.10. The number of nitrogens with one attached hydrogen (secondary N) is 2. The highest BCUT2D eigenvalue weighted by Gasteiger charge is 2.27. The van der Waals surface area contributed by atoms with Gasteiger partial charge < -0.3 is 10.6 Å². The summed E-state index contributed by atoms with van der Waals surface area (Å²) in [5.41, 5.74) is 1.15. The highest BCUT2D eigenvalue weighted by Crippen LogP contribution is 2.32. The van der Waals surface area contributed by atoms with E-state index in [9.17, 15) is 22.8 Å². The van der Waals surface area contributed by atoms with Crippen LogP contribution < -0.4 is 10.6 Å². The molecule has 0 saturated heterocycles. The van der Waals surface area contributed by atoms with Gasteiger partial charge in [-0.05, 0) is 47.8 Å². The van der Waals surface area contributed by atoms with Crippen LogP contribution >= 0.6 is 23.1 Å². The zero-order valence-corrected chi connectivity index (χ0v) is 16.5. The van der Waals surface area contributed by atoms with E-state index >= 15 is 0 Å². The lowest BCUT2D eigenvalue weighted by atomic mass is 10.2. The molecule has 0 aliphatic rings. The van der Waals surface area contributed by atoms with Gasteiger partial charge in [-0.15, -0.1) is 23.1 Å². The topological polar surface area (TPSA) is 58.2 Å². The van der Waals surface area contributed by atoms with Crippen LogP contribution in [0, 0.1) is 0 Å². The van der Waals surface area contributed by atoms with Gasteiger partial charge in [0.2, 0.25) is 0 Å². The zero-order chi connectivity index (χ0) is 20.9. The van der Waals surface area contributed by atoms with Crippen LogP contribution in [0.15, 0.2) is 70.9 Å². The molecule has 4 nitrogen and oxygen atoms in total. The average molecular weight is 436 g/mol. The van der Waals surface area contributed by atoms with E-state index in [-0.39, 0.29) is 5.91 Å². The zero-order valence-electron chi connectivity index (χ0n) is 14.8. The minimum absolute atomic E-state index is 0.243. The van der Waals surface area contributed by atoms with Crippen LogP contribution in [-0.2, 0) is 0 Å². The van der Waals surface area contributed by atoms with Gasteiger partial charge in [0.15, 0.2) is 0 Å². The van der Waals surface area contributed by atoms with Crippen LogP contribution in [0.5, 0.6) is 0 Å². The number of thioether (sulfide) groups is 1. The summed E-state index contributed by atoms with van der Waals surface area (Å²) >= 11 is 1.93. The molecule has 1 aromatic heterocycles. The third-order valence-corrected chi connectivity index (χ3v) is 5.68. The van der Waals surface area contributed by atoms with Crippen molar-refractivity contribution in [2.24, 2.45) is 0 Å². The molecule has 0 atom stereocenters. The molecular formula is C20H15F3N2O2S2. The minimum Gasteiger partial charge on any atom is -0.321 e. The van der Waals surface area contributed by atoms with Crippen LogP contribution in [0.2, 0.25) is 0 Å². The normalized spacial score (nSPS) is 11.1. The lowest BCUT2D eigenvalue weighted by Gasteiger charge is -2.12. The Bertz CT molecular complexity index is 988. The Labute approximate surface area is 173 Å². The van der Waals surface area contributed by atoms with E-state index in [2.05, 4.69) is 10.6 Å². The Morgan fingerprint density at radius 1 is 0.897 bits per heavy atom. The van der Waals surface area contributed by atoms with Crippen LogP contribution in [0.4, 0.5) is 24.5 Å². The van der Waals surface area contributed by atoms with Crippen molar-refractivity contribution < 1.29 is 22.8 Å². The first-order chi connectivity index (χ1) is 13.8. The molecule has 0 fully saturated rings. The van der Waals surface area contributed by atoms with Gasteiger partial charge in [-0.3, -0.25) is 9.59 Å². The Morgan fingerprint density at radius 2 is 1.62 bits per heavy atom. The fraction of sp³-hybridized carbons (Fsp3) is 0.100. The summed E-state index contributed by atoms with van der Waals surface area (Å²) in [4.78, 5) is 25.4. The fourth-order valence-corrected chi connectivity index (χ4v) is 3.74. The van der Waals surface area contributed by atoms with Gasteiger partial charge in [-0.1, -0.05) is 18.2 Å². The molecule has 9 heteroatoms. The van der Waals surface area contributed by atoms with E-state index in [1.807, 2.05) is 0 Å². The maximum atomic E-state index is 12.5. The lowest BCUT2D eigenvalue weighted by Crippen LogP contribution is -2.14. The number of carbonyl (C=O) groups is 2. The molecule has 150 valence electrons. The Hall–Kier alpha value is -2.78. The third-order valence-electron chi connectivity index (χ3n) is 3.68. The second-order valence-corrected chi connectivity index (χ2v) is 7.83. The summed E-state index contributed by atoms with van der Waals surface area (Å²) in [6, 6.07) is 16.0. The summed E-state index contributed by atoms with van der Waals surface area (Å²) < 4.78 is 37.4. The smallest absolute Gasteiger partial charge is 0.321 e. The van der Waals surface area contributed by atoms with Gasteiger partial charge in [0.25, 0.3) is 11.8 Å². The Morgan fingerprint density at radius 3 is 2.28 bits per heavy atom. The number of amides is 2. The number of anilines is 2. The number of thiophene rings is 1. The van der Waals surface area contributed by atoms with Gasteiger partial charge in [0.05, 0.1) is 16.3 Å². The van der Waals surface area contributed by atoms with Crippen molar-refractivity contribution in [3.63, 3.8) is 0 Å². The van der Waals surface area contributed by atoms with E-state index < -0.39 is 17.8 Å². The average Bonchev–Trinajstić information content (AvgIpc) is 3.22. The van der Waals surface area contributed by atoms with Crippen molar-refractivity contribution in [1.82, 2.24) is 0 Å². The summed E-state index contributed by atoms with van der Waals surface area (Å²) in [6.07, 6.45) is -4.30. The summed E-state index contributed by atoms with van der Waals surface area (Å²) in [5, 5.41) is 7.16. The van der Waals surface area contributed by atoms with Gasteiger partial charge in [-0.25, -0.2) is 0 Å². The number of alkyl halides is 3. The van der Waals surface area contributed by atoms with Gasteiger partial charge in [0.1, 0.15) is 0 Å². The highest BCUT2D eigenvalue weighted by molar-refractivity contribution is 7.99. The minimum atomic E-state index is -4.30. The summed E-state index contributed by atoms with van der Waals surface area (Å²) in [7, 11) is 0. The summed E-state index contributed by atoms with van der Waals surface area (Å²) in [5.74, 6) is -1.74. The number of para-hydroxylation sites is 1. The molecular weight excluding hydrogens is 421 g/mol.